The van der Waals surface area contributed by atoms with Crippen LogP contribution in [0, 0.1) is 6.92 Å². The summed E-state index contributed by atoms with van der Waals surface area (Å²) in [5, 5.41) is 3.36. The fourth-order valence-corrected chi connectivity index (χ4v) is 1.71. The zero-order chi connectivity index (χ0) is 10.8. The van der Waals surface area contributed by atoms with Gasteiger partial charge in [-0.25, -0.2) is 4.98 Å². The summed E-state index contributed by atoms with van der Waals surface area (Å²) in [5.41, 5.74) is 0.742. The molecule has 1 aliphatic carbocycles. The molecule has 2 rings (SSSR count). The average Bonchev–Trinajstić information content (AvgIpc) is 3.02. The van der Waals surface area contributed by atoms with E-state index < -0.39 is 0 Å². The van der Waals surface area contributed by atoms with Crippen molar-refractivity contribution >= 4 is 15.9 Å². The van der Waals surface area contributed by atoms with E-state index in [0.29, 0.717) is 17.1 Å². The lowest BCUT2D eigenvalue weighted by Gasteiger charge is -2.07. The Morgan fingerprint density at radius 2 is 2.40 bits per heavy atom. The molecule has 4 nitrogen and oxygen atoms in total. The Morgan fingerprint density at radius 3 is 3.07 bits per heavy atom. The van der Waals surface area contributed by atoms with E-state index in [1.54, 1.807) is 10.9 Å². The number of hydrogen-bond acceptors (Lipinski definition) is 3. The van der Waals surface area contributed by atoms with Gasteiger partial charge in [0, 0.05) is 19.1 Å². The van der Waals surface area contributed by atoms with E-state index in [-0.39, 0.29) is 5.56 Å². The molecular weight excluding hydrogens is 258 g/mol. The van der Waals surface area contributed by atoms with E-state index in [0.717, 1.165) is 12.2 Å². The molecule has 1 heterocycles. The fourth-order valence-electron chi connectivity index (χ4n) is 1.38. The molecule has 1 aromatic heterocycles. The lowest BCUT2D eigenvalue weighted by molar-refractivity contribution is 0.573. The van der Waals surface area contributed by atoms with Gasteiger partial charge in [0.15, 0.2) is 0 Å². The van der Waals surface area contributed by atoms with Crippen LogP contribution in [0.15, 0.2) is 15.6 Å². The SMILES string of the molecule is Cc1ncn(CCNC2CC2)c(=O)c1Br. The lowest BCUT2D eigenvalue weighted by Crippen LogP contribution is -2.29. The standard InChI is InChI=1S/C10H14BrN3O/c1-7-9(11)10(15)14(6-13-7)5-4-12-8-2-3-8/h6,8,12H,2-5H2,1H3. The number of halogens is 1. The lowest BCUT2D eigenvalue weighted by atomic mass is 10.4. The first kappa shape index (κ1) is 10.8. The molecule has 1 fully saturated rings. The Kier molecular flexibility index (Phi) is 3.21. The monoisotopic (exact) mass is 271 g/mol. The largest absolute Gasteiger partial charge is 0.312 e. The summed E-state index contributed by atoms with van der Waals surface area (Å²) in [6.07, 6.45) is 4.15. The van der Waals surface area contributed by atoms with E-state index in [4.69, 9.17) is 0 Å². The number of nitrogens with zero attached hydrogens (tertiary/aromatic N) is 2. The third-order valence-electron chi connectivity index (χ3n) is 2.52. The highest BCUT2D eigenvalue weighted by Crippen LogP contribution is 2.18. The first-order valence-corrected chi connectivity index (χ1v) is 5.92. The van der Waals surface area contributed by atoms with Gasteiger partial charge in [0.05, 0.1) is 12.0 Å². The van der Waals surface area contributed by atoms with Gasteiger partial charge >= 0.3 is 0 Å². The van der Waals surface area contributed by atoms with Crippen molar-refractivity contribution in [1.29, 1.82) is 0 Å². The van der Waals surface area contributed by atoms with E-state index in [1.807, 2.05) is 6.92 Å². The van der Waals surface area contributed by atoms with Crippen LogP contribution in [-0.2, 0) is 6.54 Å². The normalized spacial score (nSPS) is 15.6. The molecule has 1 aromatic rings. The predicted molar refractivity (Wildman–Crippen MR) is 62.0 cm³/mol. The van der Waals surface area contributed by atoms with Crippen LogP contribution in [0.5, 0.6) is 0 Å². The summed E-state index contributed by atoms with van der Waals surface area (Å²) >= 11 is 3.25. The summed E-state index contributed by atoms with van der Waals surface area (Å²) < 4.78 is 2.20. The molecule has 15 heavy (non-hydrogen) atoms. The van der Waals surface area contributed by atoms with Gasteiger partial charge in [-0.3, -0.25) is 9.36 Å². The molecule has 0 atom stereocenters. The highest BCUT2D eigenvalue weighted by Gasteiger charge is 2.19. The van der Waals surface area contributed by atoms with Crippen LogP contribution in [0.25, 0.3) is 0 Å². The summed E-state index contributed by atoms with van der Waals surface area (Å²) in [4.78, 5) is 15.9. The minimum absolute atomic E-state index is 0.0000898. The van der Waals surface area contributed by atoms with E-state index >= 15 is 0 Å². The Bertz CT molecular complexity index is 412. The second-order valence-electron chi connectivity index (χ2n) is 3.87. The zero-order valence-corrected chi connectivity index (χ0v) is 10.2. The van der Waals surface area contributed by atoms with Gasteiger partial charge in [-0.15, -0.1) is 0 Å². The van der Waals surface area contributed by atoms with Gasteiger partial charge in [-0.2, -0.15) is 0 Å². The minimum Gasteiger partial charge on any atom is -0.312 e. The maximum Gasteiger partial charge on any atom is 0.267 e. The molecule has 0 aromatic carbocycles. The van der Waals surface area contributed by atoms with Crippen molar-refractivity contribution in [3.05, 3.63) is 26.8 Å². The molecule has 5 heteroatoms. The number of aromatic nitrogens is 2. The maximum atomic E-state index is 11.7. The third kappa shape index (κ3) is 2.66. The van der Waals surface area contributed by atoms with Crippen molar-refractivity contribution in [3.8, 4) is 0 Å². The summed E-state index contributed by atoms with van der Waals surface area (Å²) in [6, 6.07) is 0.683. The highest BCUT2D eigenvalue weighted by atomic mass is 79.9. The zero-order valence-electron chi connectivity index (χ0n) is 8.66. The van der Waals surface area contributed by atoms with Gasteiger partial charge in [-0.05, 0) is 35.7 Å². The molecule has 0 amide bonds. The third-order valence-corrected chi connectivity index (χ3v) is 3.43. The summed E-state index contributed by atoms with van der Waals surface area (Å²) in [7, 11) is 0. The van der Waals surface area contributed by atoms with Crippen LogP contribution in [0.4, 0.5) is 0 Å². The first-order valence-electron chi connectivity index (χ1n) is 5.13. The van der Waals surface area contributed by atoms with Gasteiger partial charge in [-0.1, -0.05) is 0 Å². The van der Waals surface area contributed by atoms with Crippen LogP contribution in [0.2, 0.25) is 0 Å². The molecule has 1 N–H and O–H groups in total. The molecule has 0 unspecified atom stereocenters. The smallest absolute Gasteiger partial charge is 0.267 e. The minimum atomic E-state index is 0.0000898. The molecule has 82 valence electrons. The first-order chi connectivity index (χ1) is 7.18. The second-order valence-corrected chi connectivity index (χ2v) is 4.66. The highest BCUT2D eigenvalue weighted by molar-refractivity contribution is 9.10. The molecule has 0 spiro atoms. The van der Waals surface area contributed by atoms with E-state index in [1.165, 1.54) is 12.8 Å². The van der Waals surface area contributed by atoms with Gasteiger partial charge in [0.25, 0.3) is 5.56 Å². The molecule has 1 aliphatic rings. The second kappa shape index (κ2) is 4.45. The van der Waals surface area contributed by atoms with Crippen molar-refractivity contribution in [2.75, 3.05) is 6.54 Å². The molecular formula is C10H14BrN3O. The summed E-state index contributed by atoms with van der Waals surface area (Å²) in [6.45, 7) is 3.33. The van der Waals surface area contributed by atoms with Gasteiger partial charge in [0.2, 0.25) is 0 Å². The van der Waals surface area contributed by atoms with Crippen LogP contribution >= 0.6 is 15.9 Å². The van der Waals surface area contributed by atoms with Crippen LogP contribution in [0.3, 0.4) is 0 Å². The number of hydrogen-bond donors (Lipinski definition) is 1. The molecule has 0 saturated heterocycles. The van der Waals surface area contributed by atoms with Crippen molar-refractivity contribution in [1.82, 2.24) is 14.9 Å². The van der Waals surface area contributed by atoms with Crippen molar-refractivity contribution in [3.63, 3.8) is 0 Å². The van der Waals surface area contributed by atoms with E-state index in [2.05, 4.69) is 26.2 Å². The van der Waals surface area contributed by atoms with Crippen molar-refractivity contribution in [2.45, 2.75) is 32.4 Å². The molecule has 1 saturated carbocycles. The van der Waals surface area contributed by atoms with E-state index in [9.17, 15) is 4.79 Å². The topological polar surface area (TPSA) is 46.9 Å². The molecule has 0 radical (unpaired) electrons. The average molecular weight is 272 g/mol. The number of aryl methyl sites for hydroxylation is 1. The predicted octanol–water partition coefficient (Wildman–Crippen LogP) is 1.07. The molecule has 0 bridgehead atoms. The van der Waals surface area contributed by atoms with Crippen LogP contribution in [-0.4, -0.2) is 22.1 Å². The van der Waals surface area contributed by atoms with Gasteiger partial charge in [0.1, 0.15) is 4.47 Å². The Morgan fingerprint density at radius 1 is 1.67 bits per heavy atom. The van der Waals surface area contributed by atoms with Crippen molar-refractivity contribution in [2.24, 2.45) is 0 Å². The molecule has 0 aliphatic heterocycles. The Labute approximate surface area is 96.8 Å². The Hall–Kier alpha value is -0.680. The van der Waals surface area contributed by atoms with Crippen LogP contribution < -0.4 is 10.9 Å². The Balaban J connectivity index is 2.00. The van der Waals surface area contributed by atoms with Gasteiger partial charge < -0.3 is 5.32 Å². The summed E-state index contributed by atoms with van der Waals surface area (Å²) in [5.74, 6) is 0. The maximum absolute atomic E-state index is 11.7. The quantitative estimate of drug-likeness (QED) is 0.891. The van der Waals surface area contributed by atoms with Crippen molar-refractivity contribution < 1.29 is 0 Å². The fraction of sp³-hybridized carbons (Fsp3) is 0.600. The number of rotatable bonds is 4. The van der Waals surface area contributed by atoms with Crippen LogP contribution in [0.1, 0.15) is 18.5 Å². The number of nitrogens with one attached hydrogen (secondary N) is 1.